The van der Waals surface area contributed by atoms with Gasteiger partial charge in [0, 0.05) is 43.8 Å². The quantitative estimate of drug-likeness (QED) is 0.822. The van der Waals surface area contributed by atoms with E-state index < -0.39 is 0 Å². The van der Waals surface area contributed by atoms with Crippen molar-refractivity contribution in [2.75, 3.05) is 33.3 Å². The number of amides is 1. The van der Waals surface area contributed by atoms with Gasteiger partial charge in [-0.1, -0.05) is 6.07 Å². The first-order valence-electron chi connectivity index (χ1n) is 9.04. The molecular weight excluding hydrogens is 328 g/mol. The van der Waals surface area contributed by atoms with Gasteiger partial charge in [0.25, 0.3) is 5.91 Å². The lowest BCUT2D eigenvalue weighted by Gasteiger charge is -2.52. The Labute approximate surface area is 153 Å². The molecule has 4 rings (SSSR count). The highest BCUT2D eigenvalue weighted by Crippen LogP contribution is 2.40. The molecule has 0 unspecified atom stereocenters. The molecule has 0 saturated carbocycles. The third-order valence-electron chi connectivity index (χ3n) is 5.52. The topological polar surface area (TPSA) is 58.6 Å². The zero-order valence-corrected chi connectivity index (χ0v) is 15.0. The van der Waals surface area contributed by atoms with E-state index in [0.29, 0.717) is 18.1 Å². The molecule has 2 aliphatic rings. The van der Waals surface area contributed by atoms with Gasteiger partial charge in [-0.05, 0) is 43.7 Å². The van der Waals surface area contributed by atoms with E-state index >= 15 is 0 Å². The van der Waals surface area contributed by atoms with Crippen molar-refractivity contribution in [2.45, 2.75) is 18.6 Å². The van der Waals surface area contributed by atoms with E-state index in [4.69, 9.17) is 4.74 Å². The minimum Gasteiger partial charge on any atom is -0.375 e. The van der Waals surface area contributed by atoms with Gasteiger partial charge in [0.05, 0.1) is 24.4 Å². The molecule has 1 spiro atoms. The number of nitrogens with zero attached hydrogens (tertiary/aromatic N) is 4. The number of carbonyl (C=O) groups is 1. The van der Waals surface area contributed by atoms with Gasteiger partial charge in [0.1, 0.15) is 0 Å². The lowest BCUT2D eigenvalue weighted by Crippen LogP contribution is -2.68. The van der Waals surface area contributed by atoms with Gasteiger partial charge in [0.2, 0.25) is 0 Å². The van der Waals surface area contributed by atoms with E-state index in [2.05, 4.69) is 21.9 Å². The number of aromatic nitrogens is 2. The lowest BCUT2D eigenvalue weighted by molar-refractivity contribution is -0.00806. The summed E-state index contributed by atoms with van der Waals surface area (Å²) < 4.78 is 5.88. The summed E-state index contributed by atoms with van der Waals surface area (Å²) in [4.78, 5) is 25.1. The van der Waals surface area contributed by atoms with Crippen LogP contribution in [-0.4, -0.2) is 64.5 Å². The Morgan fingerprint density at radius 2 is 2.04 bits per heavy atom. The molecule has 2 aliphatic heterocycles. The molecule has 2 aromatic rings. The number of pyridine rings is 2. The molecule has 2 fully saturated rings. The fourth-order valence-electron chi connectivity index (χ4n) is 4.12. The molecule has 6 heteroatoms. The molecule has 0 aromatic carbocycles. The second-order valence-corrected chi connectivity index (χ2v) is 7.41. The first-order valence-corrected chi connectivity index (χ1v) is 9.04. The first kappa shape index (κ1) is 17.1. The second-order valence-electron chi connectivity index (χ2n) is 7.41. The number of rotatable bonds is 5. The highest BCUT2D eigenvalue weighted by Gasteiger charge is 2.53. The Hall–Kier alpha value is -2.31. The van der Waals surface area contributed by atoms with Crippen LogP contribution in [-0.2, 0) is 11.3 Å². The van der Waals surface area contributed by atoms with Crippen LogP contribution in [0.4, 0.5) is 0 Å². The van der Waals surface area contributed by atoms with Crippen LogP contribution in [0, 0.1) is 5.92 Å². The molecule has 0 radical (unpaired) electrons. The predicted molar refractivity (Wildman–Crippen MR) is 97.5 cm³/mol. The summed E-state index contributed by atoms with van der Waals surface area (Å²) in [5.74, 6) is 0.600. The highest BCUT2D eigenvalue weighted by molar-refractivity contribution is 5.94. The lowest BCUT2D eigenvalue weighted by atomic mass is 9.84. The van der Waals surface area contributed by atoms with Gasteiger partial charge < -0.3 is 9.64 Å². The minimum absolute atomic E-state index is 0.0984. The van der Waals surface area contributed by atoms with E-state index in [1.807, 2.05) is 23.1 Å². The molecule has 4 heterocycles. The molecule has 6 nitrogen and oxygen atoms in total. The van der Waals surface area contributed by atoms with Gasteiger partial charge in [-0.15, -0.1) is 0 Å². The van der Waals surface area contributed by atoms with E-state index in [1.54, 1.807) is 30.7 Å². The molecule has 26 heavy (non-hydrogen) atoms. The standard InChI is InChI=1S/C20H24N4O2/c1-23-11-16(12-26-13-18-4-2-3-7-22-18)10-20(23)14-24(15-20)19(25)17-5-8-21-9-6-17/h2-9,16H,10-15H2,1H3/t16-/m1/s1. The van der Waals surface area contributed by atoms with Crippen LogP contribution in [0.15, 0.2) is 48.9 Å². The van der Waals surface area contributed by atoms with Crippen LogP contribution in [0.1, 0.15) is 22.5 Å². The Morgan fingerprint density at radius 3 is 2.77 bits per heavy atom. The average molecular weight is 352 g/mol. The number of likely N-dealkylation sites (N-methyl/N-ethyl adjacent to an activating group) is 1. The maximum atomic E-state index is 12.5. The second kappa shape index (κ2) is 7.13. The smallest absolute Gasteiger partial charge is 0.254 e. The zero-order valence-electron chi connectivity index (χ0n) is 15.0. The van der Waals surface area contributed by atoms with Gasteiger partial charge in [-0.3, -0.25) is 19.7 Å². The summed E-state index contributed by atoms with van der Waals surface area (Å²) in [6.45, 7) is 3.89. The molecule has 0 aliphatic carbocycles. The third kappa shape index (κ3) is 3.34. The number of hydrogen-bond donors (Lipinski definition) is 0. The molecular formula is C20H24N4O2. The SMILES string of the molecule is CN1C[C@H](COCc2ccccn2)CC12CN(C(=O)c1ccncc1)C2. The number of hydrogen-bond acceptors (Lipinski definition) is 5. The number of likely N-dealkylation sites (tertiary alicyclic amines) is 2. The molecule has 0 N–H and O–H groups in total. The summed E-state index contributed by atoms with van der Waals surface area (Å²) >= 11 is 0. The Morgan fingerprint density at radius 1 is 1.23 bits per heavy atom. The van der Waals surface area contributed by atoms with Crippen molar-refractivity contribution in [3.8, 4) is 0 Å². The molecule has 0 bridgehead atoms. The van der Waals surface area contributed by atoms with Gasteiger partial charge >= 0.3 is 0 Å². The van der Waals surface area contributed by atoms with Crippen LogP contribution in [0.2, 0.25) is 0 Å². The maximum absolute atomic E-state index is 12.5. The summed E-state index contributed by atoms with van der Waals surface area (Å²) in [6, 6.07) is 9.43. The van der Waals surface area contributed by atoms with Crippen molar-refractivity contribution in [3.05, 3.63) is 60.2 Å². The Bertz CT molecular complexity index is 747. The fourth-order valence-corrected chi connectivity index (χ4v) is 4.12. The molecule has 2 aromatic heterocycles. The summed E-state index contributed by atoms with van der Waals surface area (Å²) in [5, 5.41) is 0. The van der Waals surface area contributed by atoms with E-state index in [-0.39, 0.29) is 11.4 Å². The van der Waals surface area contributed by atoms with E-state index in [0.717, 1.165) is 38.4 Å². The van der Waals surface area contributed by atoms with Gasteiger partial charge in [-0.2, -0.15) is 0 Å². The largest absolute Gasteiger partial charge is 0.375 e. The average Bonchev–Trinajstić information content (AvgIpc) is 2.98. The normalized spacial score (nSPS) is 21.7. The molecule has 2 saturated heterocycles. The Balaban J connectivity index is 1.27. The van der Waals surface area contributed by atoms with Crippen molar-refractivity contribution < 1.29 is 9.53 Å². The first-order chi connectivity index (χ1) is 12.7. The Kier molecular flexibility index (Phi) is 4.70. The number of ether oxygens (including phenoxy) is 1. The van der Waals surface area contributed by atoms with Crippen LogP contribution in [0.5, 0.6) is 0 Å². The van der Waals surface area contributed by atoms with E-state index in [1.165, 1.54) is 0 Å². The molecule has 1 atom stereocenters. The summed E-state index contributed by atoms with van der Waals surface area (Å²) in [6.07, 6.45) is 6.20. The van der Waals surface area contributed by atoms with E-state index in [9.17, 15) is 4.79 Å². The van der Waals surface area contributed by atoms with Crippen molar-refractivity contribution in [2.24, 2.45) is 5.92 Å². The summed E-state index contributed by atoms with van der Waals surface area (Å²) in [7, 11) is 2.16. The van der Waals surface area contributed by atoms with Crippen LogP contribution in [0.25, 0.3) is 0 Å². The van der Waals surface area contributed by atoms with Crippen molar-refractivity contribution >= 4 is 5.91 Å². The summed E-state index contributed by atoms with van der Waals surface area (Å²) in [5.41, 5.74) is 1.79. The van der Waals surface area contributed by atoms with Crippen molar-refractivity contribution in [1.29, 1.82) is 0 Å². The van der Waals surface area contributed by atoms with Crippen LogP contribution < -0.4 is 0 Å². The minimum atomic E-state index is 0.0984. The van der Waals surface area contributed by atoms with Crippen LogP contribution in [0.3, 0.4) is 0 Å². The fraction of sp³-hybridized carbons (Fsp3) is 0.450. The third-order valence-corrected chi connectivity index (χ3v) is 5.52. The maximum Gasteiger partial charge on any atom is 0.254 e. The van der Waals surface area contributed by atoms with Gasteiger partial charge in [-0.25, -0.2) is 0 Å². The van der Waals surface area contributed by atoms with Crippen molar-refractivity contribution in [1.82, 2.24) is 19.8 Å². The predicted octanol–water partition coefficient (Wildman–Crippen LogP) is 1.84. The monoisotopic (exact) mass is 352 g/mol. The zero-order chi connectivity index (χ0) is 18.0. The van der Waals surface area contributed by atoms with Crippen LogP contribution >= 0.6 is 0 Å². The van der Waals surface area contributed by atoms with Gasteiger partial charge in [0.15, 0.2) is 0 Å². The highest BCUT2D eigenvalue weighted by atomic mass is 16.5. The van der Waals surface area contributed by atoms with Crippen molar-refractivity contribution in [3.63, 3.8) is 0 Å². The molecule has 136 valence electrons. The number of carbonyl (C=O) groups excluding carboxylic acids is 1. The molecule has 1 amide bonds.